The highest BCUT2D eigenvalue weighted by molar-refractivity contribution is 5.94. The van der Waals surface area contributed by atoms with E-state index in [0.717, 1.165) is 13.1 Å². The maximum Gasteiger partial charge on any atom is 0.252 e. The van der Waals surface area contributed by atoms with Crippen LogP contribution in [-0.4, -0.2) is 57.8 Å². The molecule has 0 radical (unpaired) electrons. The molecule has 8 heteroatoms. The van der Waals surface area contributed by atoms with Gasteiger partial charge in [-0.15, -0.1) is 12.4 Å². The van der Waals surface area contributed by atoms with Gasteiger partial charge < -0.3 is 25.4 Å². The van der Waals surface area contributed by atoms with Gasteiger partial charge in [0.2, 0.25) is 0 Å². The van der Waals surface area contributed by atoms with Crippen LogP contribution in [0.5, 0.6) is 5.75 Å². The fraction of sp³-hybridized carbons (Fsp3) is 0.529. The van der Waals surface area contributed by atoms with Crippen molar-refractivity contribution in [2.45, 2.75) is 18.4 Å². The van der Waals surface area contributed by atoms with Crippen molar-refractivity contribution in [3.63, 3.8) is 0 Å². The third kappa shape index (κ3) is 5.59. The van der Waals surface area contributed by atoms with Crippen molar-refractivity contribution in [2.75, 3.05) is 40.4 Å². The van der Waals surface area contributed by atoms with Gasteiger partial charge >= 0.3 is 0 Å². The Balaban J connectivity index is 0.00000312. The molecule has 0 spiro atoms. The number of rotatable bonds is 7. The number of benzene rings is 1. The van der Waals surface area contributed by atoms with Crippen LogP contribution < -0.4 is 20.7 Å². The molecule has 0 saturated carbocycles. The number of ether oxygens (including phenoxy) is 2. The zero-order valence-corrected chi connectivity index (χ0v) is 15.4. The molecule has 1 aliphatic rings. The molecule has 140 valence electrons. The molecule has 2 rings (SSSR count). The molecule has 7 nitrogen and oxygen atoms in total. The van der Waals surface area contributed by atoms with E-state index in [1.165, 1.54) is 0 Å². The summed E-state index contributed by atoms with van der Waals surface area (Å²) in [4.78, 5) is 24.4. The summed E-state index contributed by atoms with van der Waals surface area (Å²) in [5.41, 5.74) is -0.241. The van der Waals surface area contributed by atoms with E-state index < -0.39 is 5.60 Å². The lowest BCUT2D eigenvalue weighted by molar-refractivity contribution is -0.146. The van der Waals surface area contributed by atoms with Crippen molar-refractivity contribution in [3.05, 3.63) is 29.8 Å². The van der Waals surface area contributed by atoms with Crippen LogP contribution in [-0.2, 0) is 9.53 Å². The van der Waals surface area contributed by atoms with E-state index in [1.54, 1.807) is 38.5 Å². The number of halogens is 1. The van der Waals surface area contributed by atoms with E-state index in [-0.39, 0.29) is 24.2 Å². The number of carbonyl (C=O) groups is 2. The van der Waals surface area contributed by atoms with Crippen molar-refractivity contribution in [1.82, 2.24) is 16.0 Å². The van der Waals surface area contributed by atoms with Gasteiger partial charge in [0, 0.05) is 25.8 Å². The number of amides is 2. The Kier molecular flexibility index (Phi) is 8.68. The van der Waals surface area contributed by atoms with Gasteiger partial charge in [0.1, 0.15) is 11.4 Å². The Morgan fingerprint density at radius 1 is 1.16 bits per heavy atom. The van der Waals surface area contributed by atoms with E-state index in [2.05, 4.69) is 16.0 Å². The van der Waals surface area contributed by atoms with Gasteiger partial charge in [-0.1, -0.05) is 6.07 Å². The Labute approximate surface area is 154 Å². The van der Waals surface area contributed by atoms with Gasteiger partial charge in [-0.3, -0.25) is 9.59 Å². The maximum absolute atomic E-state index is 12.4. The average molecular weight is 372 g/mol. The molecule has 0 unspecified atom stereocenters. The highest BCUT2D eigenvalue weighted by Gasteiger charge is 2.39. The smallest absolute Gasteiger partial charge is 0.252 e. The van der Waals surface area contributed by atoms with Crippen LogP contribution in [0.15, 0.2) is 24.3 Å². The standard InChI is InChI=1S/C17H25N3O4.ClH/c1-23-14-5-3-4-13(12-14)15(21)19-10-11-20-16(22)17(24-2)6-8-18-9-7-17;/h3-5,12,18H,6-11H2,1-2H3,(H,19,21)(H,20,22);1H. The molecule has 0 aliphatic carbocycles. The lowest BCUT2D eigenvalue weighted by Crippen LogP contribution is -2.54. The molecular formula is C17H26ClN3O4. The number of piperidine rings is 1. The minimum atomic E-state index is -0.762. The molecule has 1 fully saturated rings. The van der Waals surface area contributed by atoms with Crippen molar-refractivity contribution >= 4 is 24.2 Å². The van der Waals surface area contributed by atoms with Gasteiger partial charge in [-0.05, 0) is 44.1 Å². The number of hydrogen-bond acceptors (Lipinski definition) is 5. The van der Waals surface area contributed by atoms with Crippen molar-refractivity contribution in [1.29, 1.82) is 0 Å². The van der Waals surface area contributed by atoms with E-state index in [4.69, 9.17) is 9.47 Å². The molecule has 1 heterocycles. The first-order valence-electron chi connectivity index (χ1n) is 8.08. The molecule has 0 atom stereocenters. The zero-order valence-electron chi connectivity index (χ0n) is 14.6. The third-order valence-corrected chi connectivity index (χ3v) is 4.24. The molecule has 2 amide bonds. The van der Waals surface area contributed by atoms with Crippen LogP contribution in [0.4, 0.5) is 0 Å². The fourth-order valence-corrected chi connectivity index (χ4v) is 2.73. The molecule has 1 aromatic rings. The summed E-state index contributed by atoms with van der Waals surface area (Å²) in [6, 6.07) is 6.92. The summed E-state index contributed by atoms with van der Waals surface area (Å²) in [5.74, 6) is 0.303. The van der Waals surface area contributed by atoms with Gasteiger partial charge in [0.25, 0.3) is 11.8 Å². The number of nitrogens with one attached hydrogen (secondary N) is 3. The van der Waals surface area contributed by atoms with Gasteiger partial charge in [0.15, 0.2) is 0 Å². The third-order valence-electron chi connectivity index (χ3n) is 4.24. The van der Waals surface area contributed by atoms with Crippen molar-refractivity contribution in [3.8, 4) is 5.75 Å². The summed E-state index contributed by atoms with van der Waals surface area (Å²) >= 11 is 0. The van der Waals surface area contributed by atoms with E-state index in [1.807, 2.05) is 0 Å². The van der Waals surface area contributed by atoms with Gasteiger partial charge in [0.05, 0.1) is 7.11 Å². The first-order valence-corrected chi connectivity index (χ1v) is 8.08. The topological polar surface area (TPSA) is 88.7 Å². The van der Waals surface area contributed by atoms with Crippen LogP contribution in [0.2, 0.25) is 0 Å². The van der Waals surface area contributed by atoms with Gasteiger partial charge in [-0.25, -0.2) is 0 Å². The molecule has 25 heavy (non-hydrogen) atoms. The molecule has 0 bridgehead atoms. The Hall–Kier alpha value is -1.83. The van der Waals surface area contributed by atoms with Crippen molar-refractivity contribution in [2.24, 2.45) is 0 Å². The van der Waals surface area contributed by atoms with E-state index in [9.17, 15) is 9.59 Å². The molecule has 0 aromatic heterocycles. The van der Waals surface area contributed by atoms with Crippen molar-refractivity contribution < 1.29 is 19.1 Å². The number of methoxy groups -OCH3 is 2. The summed E-state index contributed by atoms with van der Waals surface area (Å²) in [5, 5.41) is 8.83. The second-order valence-corrected chi connectivity index (χ2v) is 5.69. The van der Waals surface area contributed by atoms with E-state index >= 15 is 0 Å². The maximum atomic E-state index is 12.4. The second kappa shape index (κ2) is 10.2. The predicted molar refractivity (Wildman–Crippen MR) is 97.4 cm³/mol. The first-order chi connectivity index (χ1) is 11.6. The molecule has 3 N–H and O–H groups in total. The lowest BCUT2D eigenvalue weighted by atomic mass is 9.91. The van der Waals surface area contributed by atoms with Crippen LogP contribution in [0.3, 0.4) is 0 Å². The molecule has 1 saturated heterocycles. The van der Waals surface area contributed by atoms with Crippen LogP contribution in [0, 0.1) is 0 Å². The molecule has 1 aliphatic heterocycles. The Morgan fingerprint density at radius 3 is 2.48 bits per heavy atom. The van der Waals surface area contributed by atoms with E-state index in [0.29, 0.717) is 37.2 Å². The minimum Gasteiger partial charge on any atom is -0.497 e. The highest BCUT2D eigenvalue weighted by Crippen LogP contribution is 2.22. The van der Waals surface area contributed by atoms with Gasteiger partial charge in [-0.2, -0.15) is 0 Å². The van der Waals surface area contributed by atoms with Crippen LogP contribution >= 0.6 is 12.4 Å². The normalized spacial score (nSPS) is 15.6. The minimum absolute atomic E-state index is 0. The number of hydrogen-bond donors (Lipinski definition) is 3. The SMILES string of the molecule is COc1cccc(C(=O)NCCNC(=O)C2(OC)CCNCC2)c1.Cl. The zero-order chi connectivity index (χ0) is 17.4. The summed E-state index contributed by atoms with van der Waals surface area (Å²) in [7, 11) is 3.12. The Morgan fingerprint density at radius 2 is 1.84 bits per heavy atom. The highest BCUT2D eigenvalue weighted by atomic mass is 35.5. The molecule has 1 aromatic carbocycles. The van der Waals surface area contributed by atoms with Crippen LogP contribution in [0.1, 0.15) is 23.2 Å². The second-order valence-electron chi connectivity index (χ2n) is 5.69. The quantitative estimate of drug-likeness (QED) is 0.615. The monoisotopic (exact) mass is 371 g/mol. The lowest BCUT2D eigenvalue weighted by Gasteiger charge is -2.34. The number of carbonyl (C=O) groups excluding carboxylic acids is 2. The summed E-state index contributed by atoms with van der Waals surface area (Å²) < 4.78 is 10.6. The van der Waals surface area contributed by atoms with Crippen LogP contribution in [0.25, 0.3) is 0 Å². The molecular weight excluding hydrogens is 346 g/mol. The Bertz CT molecular complexity index is 577. The summed E-state index contributed by atoms with van der Waals surface area (Å²) in [6.07, 6.45) is 1.29. The summed E-state index contributed by atoms with van der Waals surface area (Å²) in [6.45, 7) is 2.22. The first kappa shape index (κ1) is 21.2. The fourth-order valence-electron chi connectivity index (χ4n) is 2.73. The largest absolute Gasteiger partial charge is 0.497 e. The predicted octanol–water partition coefficient (Wildman–Crippen LogP) is 0.732. The average Bonchev–Trinajstić information content (AvgIpc) is 2.65.